The summed E-state index contributed by atoms with van der Waals surface area (Å²) in [5.41, 5.74) is 3.66. The summed E-state index contributed by atoms with van der Waals surface area (Å²) in [5, 5.41) is 8.55. The highest BCUT2D eigenvalue weighted by atomic mass is 35.5. The van der Waals surface area contributed by atoms with Crippen molar-refractivity contribution < 1.29 is 4.52 Å². The SMILES string of the molecule is Cc1nc2ncnn2c(C)c1CCc1nc(-c2c(Cl)ncn2C)no1. The minimum atomic E-state index is 0.349. The fourth-order valence-electron chi connectivity index (χ4n) is 2.85. The highest BCUT2D eigenvalue weighted by Gasteiger charge is 2.17. The van der Waals surface area contributed by atoms with E-state index in [9.17, 15) is 0 Å². The van der Waals surface area contributed by atoms with Crippen molar-refractivity contribution >= 4 is 17.4 Å². The Morgan fingerprint density at radius 1 is 1.16 bits per heavy atom. The average molecular weight is 359 g/mol. The molecule has 128 valence electrons. The third-order valence-electron chi connectivity index (χ3n) is 4.15. The van der Waals surface area contributed by atoms with E-state index in [-0.39, 0.29) is 0 Å². The zero-order valence-corrected chi connectivity index (χ0v) is 14.7. The Morgan fingerprint density at radius 2 is 2.00 bits per heavy atom. The molecule has 0 saturated heterocycles. The predicted molar refractivity (Wildman–Crippen MR) is 89.2 cm³/mol. The molecule has 0 unspecified atom stereocenters. The van der Waals surface area contributed by atoms with Gasteiger partial charge in [0, 0.05) is 24.9 Å². The van der Waals surface area contributed by atoms with Crippen molar-refractivity contribution in [1.29, 1.82) is 0 Å². The van der Waals surface area contributed by atoms with Crippen LogP contribution in [0.2, 0.25) is 5.15 Å². The van der Waals surface area contributed by atoms with Crippen LogP contribution in [0.4, 0.5) is 0 Å². The molecule has 9 nitrogen and oxygen atoms in total. The maximum absolute atomic E-state index is 6.07. The maximum Gasteiger partial charge on any atom is 0.252 e. The molecule has 0 fully saturated rings. The number of fused-ring (bicyclic) bond motifs is 1. The average Bonchev–Trinajstić information content (AvgIpc) is 3.28. The molecule has 0 spiro atoms. The van der Waals surface area contributed by atoms with Crippen molar-refractivity contribution in [1.82, 2.24) is 39.3 Å². The molecule has 0 atom stereocenters. The molecule has 0 amide bonds. The normalized spacial score (nSPS) is 11.5. The molecule has 0 aliphatic carbocycles. The largest absolute Gasteiger partial charge is 0.339 e. The first kappa shape index (κ1) is 15.7. The van der Waals surface area contributed by atoms with Crippen LogP contribution >= 0.6 is 11.6 Å². The summed E-state index contributed by atoms with van der Waals surface area (Å²) in [6, 6.07) is 0. The fraction of sp³-hybridized carbons (Fsp3) is 0.333. The van der Waals surface area contributed by atoms with Crippen LogP contribution in [0.25, 0.3) is 17.3 Å². The van der Waals surface area contributed by atoms with Crippen LogP contribution < -0.4 is 0 Å². The van der Waals surface area contributed by atoms with E-state index in [1.807, 2.05) is 20.9 Å². The van der Waals surface area contributed by atoms with Crippen LogP contribution in [0.5, 0.6) is 0 Å². The molecule has 10 heteroatoms. The van der Waals surface area contributed by atoms with Gasteiger partial charge in [0.2, 0.25) is 11.7 Å². The Hall–Kier alpha value is -2.81. The molecule has 0 radical (unpaired) electrons. The maximum atomic E-state index is 6.07. The number of nitrogens with zero attached hydrogens (tertiary/aromatic N) is 8. The molecule has 4 aromatic heterocycles. The summed E-state index contributed by atoms with van der Waals surface area (Å²) in [7, 11) is 1.83. The number of rotatable bonds is 4. The highest BCUT2D eigenvalue weighted by Crippen LogP contribution is 2.24. The van der Waals surface area contributed by atoms with E-state index in [0.717, 1.165) is 17.0 Å². The van der Waals surface area contributed by atoms with Gasteiger partial charge in [-0.3, -0.25) is 0 Å². The molecule has 4 heterocycles. The number of aromatic nitrogens is 8. The van der Waals surface area contributed by atoms with Crippen molar-refractivity contribution in [3.8, 4) is 11.5 Å². The van der Waals surface area contributed by atoms with Crippen molar-refractivity contribution in [2.45, 2.75) is 26.7 Å². The van der Waals surface area contributed by atoms with Gasteiger partial charge in [0.1, 0.15) is 12.0 Å². The Balaban J connectivity index is 1.59. The summed E-state index contributed by atoms with van der Waals surface area (Å²) in [5.74, 6) is 1.56. The van der Waals surface area contributed by atoms with Gasteiger partial charge in [-0.1, -0.05) is 16.8 Å². The van der Waals surface area contributed by atoms with Gasteiger partial charge < -0.3 is 9.09 Å². The Kier molecular flexibility index (Phi) is 3.72. The fourth-order valence-corrected chi connectivity index (χ4v) is 3.11. The molecule has 0 saturated carbocycles. The zero-order chi connectivity index (χ0) is 17.6. The predicted octanol–water partition coefficient (Wildman–Crippen LogP) is 1.96. The van der Waals surface area contributed by atoms with E-state index in [0.29, 0.717) is 41.2 Å². The van der Waals surface area contributed by atoms with Crippen molar-refractivity contribution in [2.24, 2.45) is 7.05 Å². The second-order valence-corrected chi connectivity index (χ2v) is 6.10. The number of hydrogen-bond donors (Lipinski definition) is 0. The van der Waals surface area contributed by atoms with Crippen LogP contribution in [-0.2, 0) is 19.9 Å². The minimum Gasteiger partial charge on any atom is -0.339 e. The lowest BCUT2D eigenvalue weighted by atomic mass is 10.1. The van der Waals surface area contributed by atoms with Gasteiger partial charge in [0.25, 0.3) is 5.78 Å². The van der Waals surface area contributed by atoms with Gasteiger partial charge in [0.15, 0.2) is 5.15 Å². The first-order valence-electron chi connectivity index (χ1n) is 7.70. The molecular formula is C15H15ClN8O. The molecule has 4 aromatic rings. The van der Waals surface area contributed by atoms with Crippen LogP contribution in [0.1, 0.15) is 22.8 Å². The van der Waals surface area contributed by atoms with E-state index in [1.165, 1.54) is 6.33 Å². The number of halogens is 1. The van der Waals surface area contributed by atoms with E-state index < -0.39 is 0 Å². The van der Waals surface area contributed by atoms with Gasteiger partial charge in [-0.15, -0.1) is 0 Å². The molecule has 0 aromatic carbocycles. The quantitative estimate of drug-likeness (QED) is 0.549. The summed E-state index contributed by atoms with van der Waals surface area (Å²) in [6.07, 6.45) is 4.41. The third-order valence-corrected chi connectivity index (χ3v) is 4.43. The highest BCUT2D eigenvalue weighted by molar-refractivity contribution is 6.31. The zero-order valence-electron chi connectivity index (χ0n) is 13.9. The monoisotopic (exact) mass is 358 g/mol. The standard InChI is InChI=1S/C15H15ClN8O/c1-8-10(9(2)24-15(20-8)17-6-19-24)4-5-11-21-14(22-25-11)12-13(16)18-7-23(12)3/h6-7H,4-5H2,1-3H3. The van der Waals surface area contributed by atoms with Crippen LogP contribution in [0.3, 0.4) is 0 Å². The topological polar surface area (TPSA) is 99.8 Å². The third kappa shape index (κ3) is 2.66. The minimum absolute atomic E-state index is 0.349. The van der Waals surface area contributed by atoms with E-state index in [4.69, 9.17) is 16.1 Å². The van der Waals surface area contributed by atoms with Gasteiger partial charge >= 0.3 is 0 Å². The lowest BCUT2D eigenvalue weighted by Crippen LogP contribution is -2.07. The number of imidazole rings is 1. The van der Waals surface area contributed by atoms with Crippen molar-refractivity contribution in [3.05, 3.63) is 40.6 Å². The van der Waals surface area contributed by atoms with Crippen molar-refractivity contribution in [3.63, 3.8) is 0 Å². The van der Waals surface area contributed by atoms with E-state index >= 15 is 0 Å². The summed E-state index contributed by atoms with van der Waals surface area (Å²) >= 11 is 6.07. The molecule has 25 heavy (non-hydrogen) atoms. The molecule has 0 bridgehead atoms. The Bertz CT molecular complexity index is 1040. The van der Waals surface area contributed by atoms with Gasteiger partial charge in [0.05, 0.1) is 6.33 Å². The van der Waals surface area contributed by atoms with Crippen LogP contribution in [-0.4, -0.2) is 39.3 Å². The summed E-state index contributed by atoms with van der Waals surface area (Å²) in [6.45, 7) is 3.96. The van der Waals surface area contributed by atoms with E-state index in [1.54, 1.807) is 15.4 Å². The van der Waals surface area contributed by atoms with Gasteiger partial charge in [-0.2, -0.15) is 15.1 Å². The first-order chi connectivity index (χ1) is 12.0. The smallest absolute Gasteiger partial charge is 0.252 e. The summed E-state index contributed by atoms with van der Waals surface area (Å²) < 4.78 is 8.85. The van der Waals surface area contributed by atoms with E-state index in [2.05, 4.69) is 30.2 Å². The van der Waals surface area contributed by atoms with Crippen molar-refractivity contribution in [2.75, 3.05) is 0 Å². The number of aryl methyl sites for hydroxylation is 4. The molecule has 0 aliphatic rings. The van der Waals surface area contributed by atoms with Crippen LogP contribution in [0.15, 0.2) is 17.2 Å². The Labute approximate surface area is 147 Å². The second-order valence-electron chi connectivity index (χ2n) is 5.74. The van der Waals surface area contributed by atoms with Gasteiger partial charge in [-0.05, 0) is 25.8 Å². The molecule has 4 rings (SSSR count). The number of hydrogen-bond acceptors (Lipinski definition) is 7. The lowest BCUT2D eigenvalue weighted by molar-refractivity contribution is 0.378. The lowest BCUT2D eigenvalue weighted by Gasteiger charge is -2.08. The summed E-state index contributed by atoms with van der Waals surface area (Å²) in [4.78, 5) is 17.0. The molecule has 0 N–H and O–H groups in total. The molecule has 0 aliphatic heterocycles. The Morgan fingerprint density at radius 3 is 2.76 bits per heavy atom. The second kappa shape index (κ2) is 5.92. The van der Waals surface area contributed by atoms with Crippen LogP contribution in [0, 0.1) is 13.8 Å². The molecular weight excluding hydrogens is 344 g/mol. The first-order valence-corrected chi connectivity index (χ1v) is 8.08. The van der Waals surface area contributed by atoms with Gasteiger partial charge in [-0.25, -0.2) is 14.5 Å².